The summed E-state index contributed by atoms with van der Waals surface area (Å²) in [5, 5.41) is 8.81. The SMILES string of the molecule is O=C(O)c1ccc(C(=O)N2CCC(OCC3CC3)CC2)cn1. The normalized spacial score (nSPS) is 19.2. The Hall–Kier alpha value is -1.95. The first-order chi connectivity index (χ1) is 10.6. The second kappa shape index (κ2) is 6.44. The van der Waals surface area contributed by atoms with Gasteiger partial charge < -0.3 is 14.7 Å². The molecule has 0 aromatic carbocycles. The molecule has 6 nitrogen and oxygen atoms in total. The molecule has 1 aromatic heterocycles. The quantitative estimate of drug-likeness (QED) is 0.897. The van der Waals surface area contributed by atoms with Crippen molar-refractivity contribution in [2.24, 2.45) is 5.92 Å². The Bertz CT molecular complexity index is 546. The summed E-state index contributed by atoms with van der Waals surface area (Å²) >= 11 is 0. The van der Waals surface area contributed by atoms with E-state index >= 15 is 0 Å². The molecule has 1 N–H and O–H groups in total. The van der Waals surface area contributed by atoms with Gasteiger partial charge in [-0.15, -0.1) is 0 Å². The van der Waals surface area contributed by atoms with Crippen LogP contribution in [0.2, 0.25) is 0 Å². The average molecular weight is 304 g/mol. The molecule has 1 aromatic rings. The summed E-state index contributed by atoms with van der Waals surface area (Å²) in [4.78, 5) is 28.7. The smallest absolute Gasteiger partial charge is 0.354 e. The molecule has 2 aliphatic rings. The van der Waals surface area contributed by atoms with Gasteiger partial charge in [-0.1, -0.05) is 0 Å². The number of aromatic carboxylic acids is 1. The molecule has 0 spiro atoms. The van der Waals surface area contributed by atoms with Crippen LogP contribution in [0.5, 0.6) is 0 Å². The topological polar surface area (TPSA) is 79.7 Å². The van der Waals surface area contributed by atoms with E-state index in [4.69, 9.17) is 9.84 Å². The van der Waals surface area contributed by atoms with Gasteiger partial charge in [0.25, 0.3) is 5.91 Å². The molecule has 1 saturated heterocycles. The van der Waals surface area contributed by atoms with Crippen molar-refractivity contribution in [2.45, 2.75) is 31.8 Å². The Morgan fingerprint density at radius 2 is 1.95 bits per heavy atom. The average Bonchev–Trinajstić information content (AvgIpc) is 3.37. The van der Waals surface area contributed by atoms with Crippen molar-refractivity contribution in [3.05, 3.63) is 29.6 Å². The van der Waals surface area contributed by atoms with Gasteiger partial charge in [-0.25, -0.2) is 9.78 Å². The molecular weight excluding hydrogens is 284 g/mol. The van der Waals surface area contributed by atoms with Crippen LogP contribution in [0, 0.1) is 5.92 Å². The summed E-state index contributed by atoms with van der Waals surface area (Å²) in [5.41, 5.74) is 0.381. The van der Waals surface area contributed by atoms with Crippen molar-refractivity contribution < 1.29 is 19.4 Å². The van der Waals surface area contributed by atoms with Gasteiger partial charge in [0.1, 0.15) is 5.69 Å². The molecule has 3 rings (SSSR count). The van der Waals surface area contributed by atoms with Crippen LogP contribution in [0.15, 0.2) is 18.3 Å². The van der Waals surface area contributed by atoms with Crippen molar-refractivity contribution in [1.29, 1.82) is 0 Å². The van der Waals surface area contributed by atoms with Gasteiger partial charge in [0.05, 0.1) is 11.7 Å². The molecule has 0 atom stereocenters. The number of hydrogen-bond donors (Lipinski definition) is 1. The highest BCUT2D eigenvalue weighted by Gasteiger charge is 2.27. The predicted octanol–water partition coefficient (Wildman–Crippen LogP) is 1.81. The molecule has 1 aliphatic carbocycles. The highest BCUT2D eigenvalue weighted by molar-refractivity contribution is 5.95. The van der Waals surface area contributed by atoms with E-state index in [0.29, 0.717) is 18.7 Å². The number of likely N-dealkylation sites (tertiary alicyclic amines) is 1. The number of piperidine rings is 1. The monoisotopic (exact) mass is 304 g/mol. The van der Waals surface area contributed by atoms with E-state index in [2.05, 4.69) is 4.98 Å². The largest absolute Gasteiger partial charge is 0.477 e. The zero-order valence-electron chi connectivity index (χ0n) is 12.4. The van der Waals surface area contributed by atoms with Crippen molar-refractivity contribution in [2.75, 3.05) is 19.7 Å². The van der Waals surface area contributed by atoms with Gasteiger partial charge >= 0.3 is 5.97 Å². The molecule has 0 bridgehead atoms. The molecule has 0 unspecified atom stereocenters. The summed E-state index contributed by atoms with van der Waals surface area (Å²) in [5.74, 6) is -0.420. The van der Waals surface area contributed by atoms with Gasteiger partial charge in [0, 0.05) is 25.9 Å². The fourth-order valence-corrected chi connectivity index (χ4v) is 2.61. The lowest BCUT2D eigenvalue weighted by Crippen LogP contribution is -2.41. The van der Waals surface area contributed by atoms with Crippen LogP contribution in [0.3, 0.4) is 0 Å². The number of hydrogen-bond acceptors (Lipinski definition) is 4. The number of carbonyl (C=O) groups excluding carboxylic acids is 1. The summed E-state index contributed by atoms with van der Waals surface area (Å²) in [6.45, 7) is 2.21. The molecule has 1 amide bonds. The van der Waals surface area contributed by atoms with Crippen molar-refractivity contribution >= 4 is 11.9 Å². The third kappa shape index (κ3) is 3.62. The van der Waals surface area contributed by atoms with Crippen molar-refractivity contribution in [3.8, 4) is 0 Å². The van der Waals surface area contributed by atoms with E-state index in [0.717, 1.165) is 25.4 Å². The minimum absolute atomic E-state index is 0.0521. The van der Waals surface area contributed by atoms with E-state index in [1.165, 1.54) is 31.2 Å². The first kappa shape index (κ1) is 15.0. The van der Waals surface area contributed by atoms with Gasteiger partial charge in [-0.3, -0.25) is 4.79 Å². The number of nitrogens with zero attached hydrogens (tertiary/aromatic N) is 2. The fraction of sp³-hybridized carbons (Fsp3) is 0.562. The van der Waals surface area contributed by atoms with Gasteiger partial charge in [-0.2, -0.15) is 0 Å². The lowest BCUT2D eigenvalue weighted by Gasteiger charge is -2.32. The van der Waals surface area contributed by atoms with Gasteiger partial charge in [0.2, 0.25) is 0 Å². The maximum Gasteiger partial charge on any atom is 0.354 e. The third-order valence-corrected chi connectivity index (χ3v) is 4.22. The second-order valence-electron chi connectivity index (χ2n) is 6.01. The lowest BCUT2D eigenvalue weighted by molar-refractivity contribution is 0.00409. The maximum absolute atomic E-state index is 12.4. The second-order valence-corrected chi connectivity index (χ2v) is 6.01. The number of ether oxygens (including phenoxy) is 1. The van der Waals surface area contributed by atoms with E-state index in [1.54, 1.807) is 4.90 Å². The highest BCUT2D eigenvalue weighted by Crippen LogP contribution is 2.30. The maximum atomic E-state index is 12.4. The minimum atomic E-state index is -1.09. The zero-order valence-corrected chi connectivity index (χ0v) is 12.4. The van der Waals surface area contributed by atoms with E-state index in [1.807, 2.05) is 0 Å². The summed E-state index contributed by atoms with van der Waals surface area (Å²) in [6.07, 6.45) is 5.89. The van der Waals surface area contributed by atoms with Crippen LogP contribution in [-0.4, -0.2) is 52.7 Å². The molecule has 22 heavy (non-hydrogen) atoms. The minimum Gasteiger partial charge on any atom is -0.477 e. The Kier molecular flexibility index (Phi) is 4.38. The molecule has 1 aliphatic heterocycles. The van der Waals surface area contributed by atoms with Gasteiger partial charge in [-0.05, 0) is 43.7 Å². The van der Waals surface area contributed by atoms with Crippen LogP contribution in [0.4, 0.5) is 0 Å². The number of pyridine rings is 1. The first-order valence-electron chi connectivity index (χ1n) is 7.73. The first-order valence-corrected chi connectivity index (χ1v) is 7.73. The van der Waals surface area contributed by atoms with Crippen LogP contribution < -0.4 is 0 Å². The van der Waals surface area contributed by atoms with Crippen LogP contribution in [0.25, 0.3) is 0 Å². The Labute approximate surface area is 129 Å². The van der Waals surface area contributed by atoms with Crippen molar-refractivity contribution in [3.63, 3.8) is 0 Å². The lowest BCUT2D eigenvalue weighted by atomic mass is 10.1. The van der Waals surface area contributed by atoms with E-state index in [9.17, 15) is 9.59 Å². The van der Waals surface area contributed by atoms with Crippen LogP contribution in [0.1, 0.15) is 46.5 Å². The third-order valence-electron chi connectivity index (χ3n) is 4.22. The number of carboxylic acid groups (broad SMARTS) is 1. The summed E-state index contributed by atoms with van der Waals surface area (Å²) in [6, 6.07) is 2.88. The number of amides is 1. The standard InChI is InChI=1S/C16H20N2O4/c19-15(12-3-4-14(16(20)21)17-9-12)18-7-5-13(6-8-18)22-10-11-1-2-11/h3-4,9,11,13H,1-2,5-8,10H2,(H,20,21). The summed E-state index contributed by atoms with van der Waals surface area (Å²) in [7, 11) is 0. The zero-order chi connectivity index (χ0) is 15.5. The van der Waals surface area contributed by atoms with Gasteiger partial charge in [0.15, 0.2) is 0 Å². The summed E-state index contributed by atoms with van der Waals surface area (Å²) < 4.78 is 5.87. The van der Waals surface area contributed by atoms with Crippen LogP contribution in [-0.2, 0) is 4.74 Å². The molecule has 118 valence electrons. The Morgan fingerprint density at radius 3 is 2.50 bits per heavy atom. The van der Waals surface area contributed by atoms with Crippen LogP contribution >= 0.6 is 0 Å². The number of carboxylic acids is 1. The number of carbonyl (C=O) groups is 2. The molecular formula is C16H20N2O4. The number of aromatic nitrogens is 1. The molecule has 6 heteroatoms. The highest BCUT2D eigenvalue weighted by atomic mass is 16.5. The molecule has 2 heterocycles. The fourth-order valence-electron chi connectivity index (χ4n) is 2.61. The Balaban J connectivity index is 1.51. The molecule has 1 saturated carbocycles. The van der Waals surface area contributed by atoms with Crippen molar-refractivity contribution in [1.82, 2.24) is 9.88 Å². The Morgan fingerprint density at radius 1 is 1.23 bits per heavy atom. The predicted molar refractivity (Wildman–Crippen MR) is 78.8 cm³/mol. The number of rotatable bonds is 5. The van der Waals surface area contributed by atoms with E-state index in [-0.39, 0.29) is 17.7 Å². The molecule has 2 fully saturated rings. The van der Waals surface area contributed by atoms with E-state index < -0.39 is 5.97 Å². The molecule has 0 radical (unpaired) electrons.